The highest BCUT2D eigenvalue weighted by Gasteiger charge is 2.11. The topological polar surface area (TPSA) is 26.0 Å². The van der Waals surface area contributed by atoms with Gasteiger partial charge in [0.2, 0.25) is 0 Å². The zero-order valence-electron chi connectivity index (χ0n) is 7.84. The number of hydrogen-bond donors (Lipinski definition) is 0. The Balaban J connectivity index is 2.66. The summed E-state index contributed by atoms with van der Waals surface area (Å²) >= 11 is 5.62. The van der Waals surface area contributed by atoms with E-state index in [0.717, 1.165) is 0 Å². The third-order valence-electron chi connectivity index (χ3n) is 1.94. The van der Waals surface area contributed by atoms with Gasteiger partial charge in [-0.15, -0.1) is 0 Å². The number of fused-ring (bicyclic) bond motifs is 1. The van der Waals surface area contributed by atoms with Crippen LogP contribution in [0.5, 0.6) is 0 Å². The summed E-state index contributed by atoms with van der Waals surface area (Å²) in [6, 6.07) is 2.73. The minimum Gasteiger partial charge on any atom is -0.440 e. The summed E-state index contributed by atoms with van der Waals surface area (Å²) in [5, 5.41) is 0.0705. The van der Waals surface area contributed by atoms with Crippen molar-refractivity contribution in [2.45, 2.75) is 19.8 Å². The van der Waals surface area contributed by atoms with Crippen LogP contribution in [0.3, 0.4) is 0 Å². The van der Waals surface area contributed by atoms with Crippen LogP contribution in [0.25, 0.3) is 11.1 Å². The van der Waals surface area contributed by atoms with E-state index in [1.807, 2.05) is 13.8 Å². The molecule has 2 aromatic rings. The maximum Gasteiger partial charge on any atom is 0.198 e. The smallest absolute Gasteiger partial charge is 0.198 e. The first-order chi connectivity index (χ1) is 6.58. The summed E-state index contributed by atoms with van der Waals surface area (Å²) in [5.41, 5.74) is 1.04. The van der Waals surface area contributed by atoms with Crippen LogP contribution in [0.4, 0.5) is 4.39 Å². The van der Waals surface area contributed by atoms with Crippen LogP contribution in [-0.2, 0) is 0 Å². The summed E-state index contributed by atoms with van der Waals surface area (Å²) in [6.45, 7) is 3.92. The molecule has 0 amide bonds. The highest BCUT2D eigenvalue weighted by atomic mass is 35.5. The van der Waals surface area contributed by atoms with Crippen molar-refractivity contribution in [2.75, 3.05) is 0 Å². The lowest BCUT2D eigenvalue weighted by Crippen LogP contribution is -1.84. The SMILES string of the molecule is CC(C)c1nc2cc(Cl)c(F)cc2o1. The highest BCUT2D eigenvalue weighted by Crippen LogP contribution is 2.25. The highest BCUT2D eigenvalue weighted by molar-refractivity contribution is 6.31. The molecule has 0 unspecified atom stereocenters. The molecule has 0 fully saturated rings. The average Bonchev–Trinajstić information content (AvgIpc) is 2.48. The van der Waals surface area contributed by atoms with Crippen LogP contribution >= 0.6 is 11.6 Å². The van der Waals surface area contributed by atoms with Crippen molar-refractivity contribution in [1.29, 1.82) is 0 Å². The van der Waals surface area contributed by atoms with E-state index in [1.165, 1.54) is 12.1 Å². The third kappa shape index (κ3) is 1.48. The van der Waals surface area contributed by atoms with Gasteiger partial charge < -0.3 is 4.42 Å². The monoisotopic (exact) mass is 213 g/mol. The molecular formula is C10H9ClFNO. The molecule has 0 spiro atoms. The fourth-order valence-electron chi connectivity index (χ4n) is 1.19. The number of hydrogen-bond acceptors (Lipinski definition) is 2. The second-order valence-electron chi connectivity index (χ2n) is 3.44. The number of rotatable bonds is 1. The van der Waals surface area contributed by atoms with E-state index < -0.39 is 5.82 Å². The van der Waals surface area contributed by atoms with Gasteiger partial charge in [-0.05, 0) is 6.07 Å². The molecule has 1 aromatic heterocycles. The predicted octanol–water partition coefficient (Wildman–Crippen LogP) is 3.74. The summed E-state index contributed by atoms with van der Waals surface area (Å²) in [7, 11) is 0. The Hall–Kier alpha value is -1.09. The summed E-state index contributed by atoms with van der Waals surface area (Å²) in [5.74, 6) is 0.302. The zero-order chi connectivity index (χ0) is 10.3. The second-order valence-corrected chi connectivity index (χ2v) is 3.85. The van der Waals surface area contributed by atoms with Crippen molar-refractivity contribution in [1.82, 2.24) is 4.98 Å². The number of nitrogens with zero attached hydrogens (tertiary/aromatic N) is 1. The molecule has 0 aliphatic rings. The van der Waals surface area contributed by atoms with E-state index in [0.29, 0.717) is 17.0 Å². The standard InChI is InChI=1S/C10H9ClFNO/c1-5(2)10-13-8-3-6(11)7(12)4-9(8)14-10/h3-5H,1-2H3. The van der Waals surface area contributed by atoms with Crippen LogP contribution in [0, 0.1) is 5.82 Å². The first-order valence-corrected chi connectivity index (χ1v) is 4.71. The van der Waals surface area contributed by atoms with Crippen molar-refractivity contribution in [3.05, 3.63) is 28.9 Å². The van der Waals surface area contributed by atoms with Gasteiger partial charge in [0.15, 0.2) is 11.5 Å². The van der Waals surface area contributed by atoms with Gasteiger partial charge in [0.25, 0.3) is 0 Å². The lowest BCUT2D eigenvalue weighted by molar-refractivity contribution is 0.499. The van der Waals surface area contributed by atoms with Crippen LogP contribution in [-0.4, -0.2) is 4.98 Å². The second kappa shape index (κ2) is 3.24. The maximum absolute atomic E-state index is 13.0. The van der Waals surface area contributed by atoms with E-state index >= 15 is 0 Å². The fraction of sp³-hybridized carbons (Fsp3) is 0.300. The average molecular weight is 214 g/mol. The maximum atomic E-state index is 13.0. The number of halogens is 2. The summed E-state index contributed by atoms with van der Waals surface area (Å²) < 4.78 is 18.4. The summed E-state index contributed by atoms with van der Waals surface area (Å²) in [6.07, 6.45) is 0. The molecule has 2 rings (SSSR count). The molecule has 2 nitrogen and oxygen atoms in total. The third-order valence-corrected chi connectivity index (χ3v) is 2.23. The Morgan fingerprint density at radius 2 is 2.14 bits per heavy atom. The van der Waals surface area contributed by atoms with Crippen molar-refractivity contribution in [3.63, 3.8) is 0 Å². The molecule has 0 N–H and O–H groups in total. The van der Waals surface area contributed by atoms with Crippen molar-refractivity contribution < 1.29 is 8.81 Å². The van der Waals surface area contributed by atoms with E-state index in [9.17, 15) is 4.39 Å². The molecule has 0 aliphatic carbocycles. The molecule has 0 radical (unpaired) electrons. The Kier molecular flexibility index (Phi) is 2.19. The Bertz CT molecular complexity index is 439. The Morgan fingerprint density at radius 1 is 1.43 bits per heavy atom. The van der Waals surface area contributed by atoms with Crippen LogP contribution in [0.1, 0.15) is 25.7 Å². The summed E-state index contributed by atoms with van der Waals surface area (Å²) in [4.78, 5) is 4.20. The normalized spacial score (nSPS) is 11.5. The molecular weight excluding hydrogens is 205 g/mol. The van der Waals surface area contributed by atoms with Crippen LogP contribution in [0.15, 0.2) is 16.5 Å². The fourth-order valence-corrected chi connectivity index (χ4v) is 1.35. The van der Waals surface area contributed by atoms with Gasteiger partial charge in [0.05, 0.1) is 5.02 Å². The van der Waals surface area contributed by atoms with E-state index in [2.05, 4.69) is 4.98 Å². The lowest BCUT2D eigenvalue weighted by Gasteiger charge is -1.93. The van der Waals surface area contributed by atoms with E-state index in [1.54, 1.807) is 0 Å². The van der Waals surface area contributed by atoms with Gasteiger partial charge in [-0.3, -0.25) is 0 Å². The number of oxazole rings is 1. The van der Waals surface area contributed by atoms with Crippen molar-refractivity contribution >= 4 is 22.7 Å². The largest absolute Gasteiger partial charge is 0.440 e. The lowest BCUT2D eigenvalue weighted by atomic mass is 10.2. The Morgan fingerprint density at radius 3 is 2.79 bits per heavy atom. The van der Waals surface area contributed by atoms with Crippen LogP contribution < -0.4 is 0 Å². The van der Waals surface area contributed by atoms with Gasteiger partial charge in [-0.2, -0.15) is 0 Å². The first-order valence-electron chi connectivity index (χ1n) is 4.33. The molecule has 0 bridgehead atoms. The van der Waals surface area contributed by atoms with E-state index in [4.69, 9.17) is 16.0 Å². The molecule has 0 aliphatic heterocycles. The van der Waals surface area contributed by atoms with Gasteiger partial charge in [-0.25, -0.2) is 9.37 Å². The molecule has 74 valence electrons. The van der Waals surface area contributed by atoms with Gasteiger partial charge in [0, 0.05) is 12.0 Å². The molecule has 0 saturated heterocycles. The van der Waals surface area contributed by atoms with Gasteiger partial charge in [0.1, 0.15) is 11.3 Å². The molecule has 0 saturated carbocycles. The van der Waals surface area contributed by atoms with Gasteiger partial charge >= 0.3 is 0 Å². The molecule has 1 aromatic carbocycles. The first kappa shape index (κ1) is 9.46. The number of benzene rings is 1. The minimum absolute atomic E-state index is 0.0705. The zero-order valence-corrected chi connectivity index (χ0v) is 8.60. The predicted molar refractivity (Wildman–Crippen MR) is 53.1 cm³/mol. The van der Waals surface area contributed by atoms with Gasteiger partial charge in [-0.1, -0.05) is 25.4 Å². The molecule has 1 heterocycles. The number of aromatic nitrogens is 1. The van der Waals surface area contributed by atoms with Crippen molar-refractivity contribution in [3.8, 4) is 0 Å². The van der Waals surface area contributed by atoms with E-state index in [-0.39, 0.29) is 10.9 Å². The minimum atomic E-state index is -0.481. The molecule has 0 atom stereocenters. The molecule has 14 heavy (non-hydrogen) atoms. The molecule has 4 heteroatoms. The Labute approximate surface area is 85.7 Å². The van der Waals surface area contributed by atoms with Crippen molar-refractivity contribution in [2.24, 2.45) is 0 Å². The quantitative estimate of drug-likeness (QED) is 0.721. The van der Waals surface area contributed by atoms with Crippen LogP contribution in [0.2, 0.25) is 5.02 Å².